The maximum Gasteiger partial charge on any atom is 0.0628 e. The van der Waals surface area contributed by atoms with E-state index in [1.165, 1.54) is 32.5 Å². The minimum atomic E-state index is 0.401. The summed E-state index contributed by atoms with van der Waals surface area (Å²) in [6.07, 6.45) is 3.33. The molecule has 1 aliphatic heterocycles. The highest BCUT2D eigenvalue weighted by Crippen LogP contribution is 2.49. The highest BCUT2D eigenvalue weighted by Gasteiger charge is 2.44. The Balaban J connectivity index is 1.85. The van der Waals surface area contributed by atoms with Gasteiger partial charge >= 0.3 is 0 Å². The molecule has 0 aromatic carbocycles. The molecule has 0 aromatic rings. The van der Waals surface area contributed by atoms with Gasteiger partial charge in [-0.2, -0.15) is 5.26 Å². The van der Waals surface area contributed by atoms with Gasteiger partial charge in [-0.05, 0) is 30.1 Å². The number of rotatable bonds is 3. The summed E-state index contributed by atoms with van der Waals surface area (Å²) in [6, 6.07) is 2.34. The Kier molecular flexibility index (Phi) is 2.53. The Morgan fingerprint density at radius 1 is 1.29 bits per heavy atom. The maximum absolute atomic E-state index is 8.75. The lowest BCUT2D eigenvalue weighted by Crippen LogP contribution is -2.28. The molecule has 1 saturated carbocycles. The molecule has 0 amide bonds. The van der Waals surface area contributed by atoms with E-state index in [0.29, 0.717) is 5.41 Å². The summed E-state index contributed by atoms with van der Waals surface area (Å²) in [5.41, 5.74) is 0.401. The van der Waals surface area contributed by atoms with Crippen LogP contribution in [0.5, 0.6) is 0 Å². The predicted molar refractivity (Wildman–Crippen MR) is 56.7 cm³/mol. The summed E-state index contributed by atoms with van der Waals surface area (Å²) in [5, 5.41) is 8.75. The molecule has 1 heterocycles. The second kappa shape index (κ2) is 3.55. The van der Waals surface area contributed by atoms with Gasteiger partial charge in [-0.3, -0.25) is 0 Å². The van der Waals surface area contributed by atoms with Crippen molar-refractivity contribution < 1.29 is 0 Å². The van der Waals surface area contributed by atoms with Crippen molar-refractivity contribution in [3.05, 3.63) is 0 Å². The van der Waals surface area contributed by atoms with Gasteiger partial charge in [-0.1, -0.05) is 13.8 Å². The first-order valence-corrected chi connectivity index (χ1v) is 5.74. The van der Waals surface area contributed by atoms with Gasteiger partial charge in [0.1, 0.15) is 0 Å². The normalized spacial score (nSPS) is 35.5. The van der Waals surface area contributed by atoms with E-state index in [1.54, 1.807) is 0 Å². The molecule has 78 valence electrons. The molecule has 1 saturated heterocycles. The molecule has 0 aromatic heterocycles. The fourth-order valence-electron chi connectivity index (χ4n) is 2.59. The SMILES string of the molecule is CC1CN(CC2(CC#N)CC2)CC1C. The van der Waals surface area contributed by atoms with Crippen LogP contribution in [-0.2, 0) is 0 Å². The zero-order valence-electron chi connectivity index (χ0n) is 9.29. The van der Waals surface area contributed by atoms with Gasteiger partial charge in [-0.15, -0.1) is 0 Å². The van der Waals surface area contributed by atoms with Crippen molar-refractivity contribution in [1.82, 2.24) is 4.90 Å². The molecule has 2 aliphatic rings. The van der Waals surface area contributed by atoms with Gasteiger partial charge < -0.3 is 4.90 Å². The Morgan fingerprint density at radius 2 is 1.86 bits per heavy atom. The van der Waals surface area contributed by atoms with Crippen LogP contribution in [0.4, 0.5) is 0 Å². The fraction of sp³-hybridized carbons (Fsp3) is 0.917. The Hall–Kier alpha value is -0.550. The quantitative estimate of drug-likeness (QED) is 0.686. The molecule has 0 bridgehead atoms. The van der Waals surface area contributed by atoms with E-state index in [2.05, 4.69) is 24.8 Å². The lowest BCUT2D eigenvalue weighted by atomic mass is 10.0. The van der Waals surface area contributed by atoms with Crippen molar-refractivity contribution in [3.63, 3.8) is 0 Å². The minimum absolute atomic E-state index is 0.401. The van der Waals surface area contributed by atoms with Gasteiger partial charge in [-0.25, -0.2) is 0 Å². The van der Waals surface area contributed by atoms with E-state index in [4.69, 9.17) is 5.26 Å². The summed E-state index contributed by atoms with van der Waals surface area (Å²) < 4.78 is 0. The highest BCUT2D eigenvalue weighted by molar-refractivity contribution is 5.02. The molecule has 2 atom stereocenters. The van der Waals surface area contributed by atoms with E-state index in [-0.39, 0.29) is 0 Å². The van der Waals surface area contributed by atoms with Gasteiger partial charge in [0.2, 0.25) is 0 Å². The lowest BCUT2D eigenvalue weighted by molar-refractivity contribution is 0.256. The molecule has 0 N–H and O–H groups in total. The second-order valence-corrected chi connectivity index (χ2v) is 5.48. The minimum Gasteiger partial charge on any atom is -0.302 e. The number of hydrogen-bond acceptors (Lipinski definition) is 2. The average molecular weight is 192 g/mol. The Morgan fingerprint density at radius 3 is 2.29 bits per heavy atom. The van der Waals surface area contributed by atoms with Crippen LogP contribution < -0.4 is 0 Å². The van der Waals surface area contributed by atoms with Crippen molar-refractivity contribution in [3.8, 4) is 6.07 Å². The molecule has 0 radical (unpaired) electrons. The van der Waals surface area contributed by atoms with E-state index in [9.17, 15) is 0 Å². The van der Waals surface area contributed by atoms with Gasteiger partial charge in [0.15, 0.2) is 0 Å². The molecule has 0 spiro atoms. The van der Waals surface area contributed by atoms with Crippen LogP contribution in [-0.4, -0.2) is 24.5 Å². The van der Waals surface area contributed by atoms with Crippen LogP contribution in [0.15, 0.2) is 0 Å². The fourth-order valence-corrected chi connectivity index (χ4v) is 2.59. The molecule has 2 rings (SSSR count). The third-order valence-corrected chi connectivity index (χ3v) is 4.03. The highest BCUT2D eigenvalue weighted by atomic mass is 15.2. The lowest BCUT2D eigenvalue weighted by Gasteiger charge is -2.21. The zero-order valence-corrected chi connectivity index (χ0v) is 9.29. The van der Waals surface area contributed by atoms with Gasteiger partial charge in [0, 0.05) is 26.1 Å². The molecule has 2 heteroatoms. The van der Waals surface area contributed by atoms with Crippen LogP contribution in [0.25, 0.3) is 0 Å². The topological polar surface area (TPSA) is 27.0 Å². The van der Waals surface area contributed by atoms with Crippen molar-refractivity contribution in [2.24, 2.45) is 17.3 Å². The number of nitrogens with zero attached hydrogens (tertiary/aromatic N) is 2. The van der Waals surface area contributed by atoms with Crippen LogP contribution >= 0.6 is 0 Å². The second-order valence-electron chi connectivity index (χ2n) is 5.48. The van der Waals surface area contributed by atoms with Gasteiger partial charge in [0.25, 0.3) is 0 Å². The number of hydrogen-bond donors (Lipinski definition) is 0. The number of nitriles is 1. The monoisotopic (exact) mass is 192 g/mol. The smallest absolute Gasteiger partial charge is 0.0628 e. The van der Waals surface area contributed by atoms with Gasteiger partial charge in [0.05, 0.1) is 6.07 Å². The van der Waals surface area contributed by atoms with Crippen LogP contribution in [0, 0.1) is 28.6 Å². The molecule has 1 aliphatic carbocycles. The summed E-state index contributed by atoms with van der Waals surface area (Å²) in [7, 11) is 0. The molecular weight excluding hydrogens is 172 g/mol. The first-order chi connectivity index (χ1) is 6.65. The summed E-state index contributed by atoms with van der Waals surface area (Å²) >= 11 is 0. The largest absolute Gasteiger partial charge is 0.302 e. The van der Waals surface area contributed by atoms with E-state index in [0.717, 1.165) is 18.3 Å². The molecule has 2 nitrogen and oxygen atoms in total. The molecule has 14 heavy (non-hydrogen) atoms. The van der Waals surface area contributed by atoms with Crippen LogP contribution in [0.2, 0.25) is 0 Å². The third-order valence-electron chi connectivity index (χ3n) is 4.03. The molecular formula is C12H20N2. The predicted octanol–water partition coefficient (Wildman–Crippen LogP) is 2.27. The van der Waals surface area contributed by atoms with Crippen LogP contribution in [0.1, 0.15) is 33.1 Å². The first-order valence-electron chi connectivity index (χ1n) is 5.74. The summed E-state index contributed by atoms with van der Waals surface area (Å²) in [4.78, 5) is 2.57. The van der Waals surface area contributed by atoms with Crippen molar-refractivity contribution >= 4 is 0 Å². The van der Waals surface area contributed by atoms with E-state index in [1.807, 2.05) is 0 Å². The van der Waals surface area contributed by atoms with Crippen molar-refractivity contribution in [2.75, 3.05) is 19.6 Å². The Bertz CT molecular complexity index is 240. The maximum atomic E-state index is 8.75. The third kappa shape index (κ3) is 1.93. The standard InChI is InChI=1S/C12H20N2/c1-10-7-14(8-11(10)2)9-12(3-4-12)5-6-13/h10-11H,3-5,7-9H2,1-2H3. The Labute approximate surface area is 86.9 Å². The number of likely N-dealkylation sites (tertiary alicyclic amines) is 1. The average Bonchev–Trinajstić information content (AvgIpc) is 2.77. The molecule has 2 fully saturated rings. The van der Waals surface area contributed by atoms with E-state index >= 15 is 0 Å². The summed E-state index contributed by atoms with van der Waals surface area (Å²) in [5.74, 6) is 1.68. The van der Waals surface area contributed by atoms with Crippen molar-refractivity contribution in [1.29, 1.82) is 5.26 Å². The van der Waals surface area contributed by atoms with Crippen molar-refractivity contribution in [2.45, 2.75) is 33.1 Å². The summed E-state index contributed by atoms with van der Waals surface area (Å²) in [6.45, 7) is 8.35. The zero-order chi connectivity index (χ0) is 10.2. The molecule has 2 unspecified atom stereocenters. The van der Waals surface area contributed by atoms with Crippen LogP contribution in [0.3, 0.4) is 0 Å². The first kappa shape index (κ1) is 9.98. The van der Waals surface area contributed by atoms with E-state index < -0.39 is 0 Å².